The number of rotatable bonds is 4. The van der Waals surface area contributed by atoms with Gasteiger partial charge in [0.05, 0.1) is 17.4 Å². The highest BCUT2D eigenvalue weighted by molar-refractivity contribution is 5.77. The number of fused-ring (bicyclic) bond motifs is 1. The maximum atomic E-state index is 4.44. The van der Waals surface area contributed by atoms with Crippen LogP contribution in [-0.4, -0.2) is 26.1 Å². The second-order valence-corrected chi connectivity index (χ2v) is 3.83. The van der Waals surface area contributed by atoms with Gasteiger partial charge in [-0.1, -0.05) is 12.1 Å². The smallest absolute Gasteiger partial charge is 0.201 e. The number of hydrogen-bond acceptors (Lipinski definition) is 3. The number of imidazole rings is 2. The highest BCUT2D eigenvalue weighted by Crippen LogP contribution is 2.12. The minimum Gasteiger partial charge on any atom is -0.354 e. The Hall–Kier alpha value is -2.30. The van der Waals surface area contributed by atoms with Gasteiger partial charge >= 0.3 is 0 Å². The number of aromatic amines is 1. The van der Waals surface area contributed by atoms with Crippen molar-refractivity contribution >= 4 is 17.0 Å². The van der Waals surface area contributed by atoms with Crippen molar-refractivity contribution < 1.29 is 0 Å². The van der Waals surface area contributed by atoms with E-state index in [1.54, 1.807) is 12.5 Å². The Morgan fingerprint density at radius 3 is 3.06 bits per heavy atom. The molecule has 86 valence electrons. The number of hydrogen-bond donors (Lipinski definition) is 2. The minimum absolute atomic E-state index is 0.811. The summed E-state index contributed by atoms with van der Waals surface area (Å²) in [5, 5.41) is 3.26. The van der Waals surface area contributed by atoms with Crippen LogP contribution in [0, 0.1) is 0 Å². The number of nitrogens with one attached hydrogen (secondary N) is 2. The second kappa shape index (κ2) is 4.29. The van der Waals surface area contributed by atoms with Crippen molar-refractivity contribution in [3.63, 3.8) is 0 Å². The molecule has 2 aromatic heterocycles. The van der Waals surface area contributed by atoms with Crippen molar-refractivity contribution in [3.05, 3.63) is 43.0 Å². The van der Waals surface area contributed by atoms with E-state index in [4.69, 9.17) is 0 Å². The van der Waals surface area contributed by atoms with Crippen molar-refractivity contribution in [1.82, 2.24) is 19.5 Å². The summed E-state index contributed by atoms with van der Waals surface area (Å²) in [6, 6.07) is 7.99. The number of aromatic nitrogens is 4. The summed E-state index contributed by atoms with van der Waals surface area (Å²) in [6.45, 7) is 1.69. The van der Waals surface area contributed by atoms with Gasteiger partial charge < -0.3 is 14.9 Å². The third-order valence-corrected chi connectivity index (χ3v) is 2.61. The number of nitrogens with zero attached hydrogens (tertiary/aromatic N) is 3. The van der Waals surface area contributed by atoms with Gasteiger partial charge in [-0.2, -0.15) is 0 Å². The van der Waals surface area contributed by atoms with E-state index in [9.17, 15) is 0 Å². The Morgan fingerprint density at radius 1 is 1.29 bits per heavy atom. The van der Waals surface area contributed by atoms with Crippen LogP contribution < -0.4 is 5.32 Å². The first kappa shape index (κ1) is 9.89. The summed E-state index contributed by atoms with van der Waals surface area (Å²) >= 11 is 0. The molecule has 2 heterocycles. The van der Waals surface area contributed by atoms with Crippen molar-refractivity contribution in [2.45, 2.75) is 6.54 Å². The van der Waals surface area contributed by atoms with Gasteiger partial charge in [0, 0.05) is 25.5 Å². The molecule has 0 saturated carbocycles. The van der Waals surface area contributed by atoms with E-state index in [0.717, 1.165) is 30.1 Å². The molecule has 0 unspecified atom stereocenters. The molecule has 3 aromatic rings. The van der Waals surface area contributed by atoms with Crippen LogP contribution >= 0.6 is 0 Å². The summed E-state index contributed by atoms with van der Waals surface area (Å²) in [4.78, 5) is 11.7. The van der Waals surface area contributed by atoms with Crippen LogP contribution in [0.4, 0.5) is 5.95 Å². The standard InChI is InChI=1S/C12H13N5/c1-2-4-11-10(3-1)15-12(16-11)14-6-8-17-7-5-13-9-17/h1-5,7,9H,6,8H2,(H2,14,15,16). The van der Waals surface area contributed by atoms with E-state index in [2.05, 4.69) is 20.3 Å². The molecule has 0 aliphatic rings. The fraction of sp³-hybridized carbons (Fsp3) is 0.167. The molecule has 0 spiro atoms. The van der Waals surface area contributed by atoms with Gasteiger partial charge in [-0.05, 0) is 12.1 Å². The summed E-state index contributed by atoms with van der Waals surface area (Å²) in [7, 11) is 0. The Bertz CT molecular complexity index is 563. The molecule has 0 amide bonds. The predicted molar refractivity (Wildman–Crippen MR) is 66.8 cm³/mol. The molecule has 0 aliphatic heterocycles. The van der Waals surface area contributed by atoms with Crippen molar-refractivity contribution in [1.29, 1.82) is 0 Å². The summed E-state index contributed by atoms with van der Waals surface area (Å²) < 4.78 is 2.02. The summed E-state index contributed by atoms with van der Waals surface area (Å²) in [5.41, 5.74) is 2.04. The molecule has 0 fully saturated rings. The quantitative estimate of drug-likeness (QED) is 0.715. The average Bonchev–Trinajstić information content (AvgIpc) is 2.96. The molecule has 2 N–H and O–H groups in total. The van der Waals surface area contributed by atoms with Gasteiger partial charge in [0.25, 0.3) is 0 Å². The lowest BCUT2D eigenvalue weighted by atomic mass is 10.3. The van der Waals surface area contributed by atoms with E-state index in [-0.39, 0.29) is 0 Å². The Kier molecular flexibility index (Phi) is 2.50. The van der Waals surface area contributed by atoms with E-state index in [1.165, 1.54) is 0 Å². The van der Waals surface area contributed by atoms with E-state index in [0.29, 0.717) is 0 Å². The molecule has 0 saturated heterocycles. The third kappa shape index (κ3) is 2.13. The average molecular weight is 227 g/mol. The first-order chi connectivity index (χ1) is 8.42. The highest BCUT2D eigenvalue weighted by Gasteiger charge is 2.00. The first-order valence-corrected chi connectivity index (χ1v) is 5.56. The van der Waals surface area contributed by atoms with Gasteiger partial charge in [-0.3, -0.25) is 0 Å². The van der Waals surface area contributed by atoms with Crippen molar-refractivity contribution in [3.8, 4) is 0 Å². The molecular weight excluding hydrogens is 214 g/mol. The lowest BCUT2D eigenvalue weighted by molar-refractivity contribution is 0.724. The van der Waals surface area contributed by atoms with Crippen LogP contribution in [0.15, 0.2) is 43.0 Å². The normalized spacial score (nSPS) is 10.8. The lowest BCUT2D eigenvalue weighted by Gasteiger charge is -2.02. The molecule has 0 bridgehead atoms. The third-order valence-electron chi connectivity index (χ3n) is 2.61. The second-order valence-electron chi connectivity index (χ2n) is 3.83. The van der Waals surface area contributed by atoms with Crippen LogP contribution in [0.2, 0.25) is 0 Å². The molecule has 1 aromatic carbocycles. The van der Waals surface area contributed by atoms with Gasteiger partial charge in [-0.15, -0.1) is 0 Å². The van der Waals surface area contributed by atoms with Gasteiger partial charge in [0.15, 0.2) is 0 Å². The van der Waals surface area contributed by atoms with Crippen molar-refractivity contribution in [2.75, 3.05) is 11.9 Å². The molecule has 5 heteroatoms. The highest BCUT2D eigenvalue weighted by atomic mass is 15.1. The molecule has 17 heavy (non-hydrogen) atoms. The number of benzene rings is 1. The van der Waals surface area contributed by atoms with Gasteiger partial charge in [0.2, 0.25) is 5.95 Å². The molecule has 3 rings (SSSR count). The molecule has 0 aliphatic carbocycles. The van der Waals surface area contributed by atoms with Gasteiger partial charge in [-0.25, -0.2) is 9.97 Å². The molecule has 5 nitrogen and oxygen atoms in total. The molecular formula is C12H13N5. The minimum atomic E-state index is 0.811. The monoisotopic (exact) mass is 227 g/mol. The zero-order chi connectivity index (χ0) is 11.5. The van der Waals surface area contributed by atoms with Crippen LogP contribution in [0.5, 0.6) is 0 Å². The fourth-order valence-corrected chi connectivity index (χ4v) is 1.76. The number of para-hydroxylation sites is 2. The first-order valence-electron chi connectivity index (χ1n) is 5.56. The largest absolute Gasteiger partial charge is 0.354 e. The fourth-order valence-electron chi connectivity index (χ4n) is 1.76. The Morgan fingerprint density at radius 2 is 2.24 bits per heavy atom. The lowest BCUT2D eigenvalue weighted by Crippen LogP contribution is -2.09. The SMILES string of the molecule is c1ccc2[nH]c(NCCn3ccnc3)nc2c1. The van der Waals surface area contributed by atoms with E-state index >= 15 is 0 Å². The molecule has 0 atom stereocenters. The Balaban J connectivity index is 1.65. The maximum absolute atomic E-state index is 4.44. The zero-order valence-corrected chi connectivity index (χ0v) is 9.30. The predicted octanol–water partition coefficient (Wildman–Crippen LogP) is 1.87. The number of H-pyrrole nitrogens is 1. The summed E-state index contributed by atoms with van der Waals surface area (Å²) in [6.07, 6.45) is 5.53. The molecule has 0 radical (unpaired) electrons. The topological polar surface area (TPSA) is 58.5 Å². The van der Waals surface area contributed by atoms with Crippen LogP contribution in [0.3, 0.4) is 0 Å². The Labute approximate surface area is 98.5 Å². The zero-order valence-electron chi connectivity index (χ0n) is 9.30. The van der Waals surface area contributed by atoms with Crippen LogP contribution in [0.25, 0.3) is 11.0 Å². The van der Waals surface area contributed by atoms with Crippen LogP contribution in [0.1, 0.15) is 0 Å². The van der Waals surface area contributed by atoms with Crippen molar-refractivity contribution in [2.24, 2.45) is 0 Å². The maximum Gasteiger partial charge on any atom is 0.201 e. The summed E-state index contributed by atoms with van der Waals surface area (Å²) in [5.74, 6) is 0.811. The number of anilines is 1. The van der Waals surface area contributed by atoms with E-state index < -0.39 is 0 Å². The van der Waals surface area contributed by atoms with Gasteiger partial charge in [0.1, 0.15) is 0 Å². The van der Waals surface area contributed by atoms with E-state index in [1.807, 2.05) is 35.0 Å². The van der Waals surface area contributed by atoms with Crippen LogP contribution in [-0.2, 0) is 6.54 Å².